The summed E-state index contributed by atoms with van der Waals surface area (Å²) >= 11 is 7.73. The molecule has 1 nitrogen and oxygen atoms in total. The smallest absolute Gasteiger partial charge is 0.192 e. The second-order valence-corrected chi connectivity index (χ2v) is 28.2. The van der Waals surface area contributed by atoms with Gasteiger partial charge in [-0.1, -0.05) is 0 Å². The Morgan fingerprint density at radius 2 is 1.21 bits per heavy atom. The zero-order valence-corrected chi connectivity index (χ0v) is 16.0. The van der Waals surface area contributed by atoms with Crippen LogP contribution in [-0.4, -0.2) is 25.8 Å². The first kappa shape index (κ1) is 15.1. The topological polar surface area (TPSA) is 3.24 Å². The normalized spacial score (nSPS) is 14.3. The third-order valence-corrected chi connectivity index (χ3v) is 22.0. The van der Waals surface area contributed by atoms with Gasteiger partial charge in [-0.3, -0.25) is 0 Å². The molecule has 0 fully saturated rings. The van der Waals surface area contributed by atoms with E-state index in [9.17, 15) is 0 Å². The van der Waals surface area contributed by atoms with Gasteiger partial charge in [-0.05, 0) is 39.3 Å². The van der Waals surface area contributed by atoms with Gasteiger partial charge in [0.15, 0.2) is 21.9 Å². The van der Waals surface area contributed by atoms with Crippen molar-refractivity contribution in [1.82, 2.24) is 3.90 Å². The van der Waals surface area contributed by atoms with Crippen LogP contribution in [0.5, 0.6) is 0 Å². The Hall–Kier alpha value is 1.13. The molecule has 0 atom stereocenters. The fourth-order valence-electron chi connectivity index (χ4n) is 2.03. The van der Waals surface area contributed by atoms with Crippen molar-refractivity contribution in [1.29, 1.82) is 0 Å². The average Bonchev–Trinajstić information content (AvgIpc) is 1.79. The van der Waals surface area contributed by atoms with Crippen molar-refractivity contribution in [3.63, 3.8) is 0 Å². The summed E-state index contributed by atoms with van der Waals surface area (Å²) in [5.41, 5.74) is 3.03. The maximum absolute atomic E-state index is 5.67. The Morgan fingerprint density at radius 3 is 1.29 bits per heavy atom. The molecule has 0 spiro atoms. The van der Waals surface area contributed by atoms with Crippen molar-refractivity contribution >= 4 is 52.5 Å². The minimum Gasteiger partial charge on any atom is -0.342 e. The molecule has 0 aromatic carbocycles. The van der Waals surface area contributed by atoms with Crippen LogP contribution in [0.2, 0.25) is 39.3 Å². The summed E-state index contributed by atoms with van der Waals surface area (Å²) in [5, 5.41) is 0. The zero-order valence-electron chi connectivity index (χ0n) is 9.78. The van der Waals surface area contributed by atoms with E-state index in [0.717, 1.165) is 0 Å². The molecule has 0 aromatic rings. The molecule has 0 N–H and O–H groups in total. The molecule has 0 radical (unpaired) electrons. The van der Waals surface area contributed by atoms with Gasteiger partial charge in [0, 0.05) is 0 Å². The second-order valence-electron chi connectivity index (χ2n) is 4.86. The fraction of sp³-hybridized carbons (Fsp3) is 0.750. The van der Waals surface area contributed by atoms with E-state index in [0.29, 0.717) is 0 Å². The Kier molecular flexibility index (Phi) is 4.92. The third kappa shape index (κ3) is 3.95. The van der Waals surface area contributed by atoms with Crippen molar-refractivity contribution in [2.75, 3.05) is 0 Å². The van der Waals surface area contributed by atoms with E-state index in [-0.39, 0.29) is 0 Å². The van der Waals surface area contributed by atoms with Crippen LogP contribution in [0, 0.1) is 12.0 Å². The maximum atomic E-state index is 5.67. The average molecular weight is 373 g/mol. The third-order valence-electron chi connectivity index (χ3n) is 1.98. The van der Waals surface area contributed by atoms with Gasteiger partial charge in [0.1, 0.15) is 0 Å². The summed E-state index contributed by atoms with van der Waals surface area (Å²) in [4.78, 5) is 0. The Bertz CT molecular complexity index is 233. The van der Waals surface area contributed by atoms with Gasteiger partial charge < -0.3 is 3.90 Å². The standard InChI is InChI=1S/C8H19Br2NSi3/c1-8-12(2,3)11(13(4,5)9)14(6,7)10/h1H,2-7H3. The lowest BCUT2D eigenvalue weighted by Gasteiger charge is -2.47. The van der Waals surface area contributed by atoms with E-state index in [1.807, 2.05) is 0 Å². The number of hydrogen-bond donors (Lipinski definition) is 0. The van der Waals surface area contributed by atoms with Crippen molar-refractivity contribution in [2.24, 2.45) is 0 Å². The number of nitrogens with zero attached hydrogens (tertiary/aromatic N) is 1. The number of halogens is 2. The van der Waals surface area contributed by atoms with Gasteiger partial charge in [-0.25, -0.2) is 0 Å². The quantitative estimate of drug-likeness (QED) is 0.413. The number of hydrogen-bond acceptors (Lipinski definition) is 1. The Labute approximate surface area is 107 Å². The lowest BCUT2D eigenvalue weighted by atomic mass is 11.4. The molecule has 0 aliphatic heterocycles. The molecule has 0 amide bonds. The van der Waals surface area contributed by atoms with Crippen LogP contribution in [-0.2, 0) is 0 Å². The van der Waals surface area contributed by atoms with Gasteiger partial charge in [-0.15, -0.1) is 42.6 Å². The van der Waals surface area contributed by atoms with Crippen LogP contribution in [0.1, 0.15) is 0 Å². The lowest BCUT2D eigenvalue weighted by Crippen LogP contribution is -2.67. The molecular formula is C8H19Br2NSi3. The van der Waals surface area contributed by atoms with Gasteiger partial charge in [0.2, 0.25) is 0 Å². The SMILES string of the molecule is C#C[Si](C)(C)N([Si](C)(C)Br)[Si](C)(C)Br. The highest BCUT2D eigenvalue weighted by Crippen LogP contribution is 2.33. The molecule has 0 unspecified atom stereocenters. The first-order valence-electron chi connectivity index (χ1n) is 4.59. The first-order chi connectivity index (χ1) is 5.93. The highest BCUT2D eigenvalue weighted by Gasteiger charge is 2.46. The van der Waals surface area contributed by atoms with E-state index in [4.69, 9.17) is 6.42 Å². The lowest BCUT2D eigenvalue weighted by molar-refractivity contribution is 0.966. The molecule has 0 rings (SSSR count). The zero-order chi connectivity index (χ0) is 11.8. The summed E-state index contributed by atoms with van der Waals surface area (Å²) in [6, 6.07) is 0. The molecule has 0 saturated heterocycles. The van der Waals surface area contributed by atoms with E-state index in [2.05, 4.69) is 79.3 Å². The van der Waals surface area contributed by atoms with Crippen molar-refractivity contribution in [3.8, 4) is 12.0 Å². The van der Waals surface area contributed by atoms with E-state index in [1.165, 1.54) is 0 Å². The molecule has 82 valence electrons. The predicted octanol–water partition coefficient (Wildman–Crippen LogP) is 3.86. The largest absolute Gasteiger partial charge is 0.342 e. The highest BCUT2D eigenvalue weighted by atomic mass is 79.9. The Balaban J connectivity index is 5.28. The summed E-state index contributed by atoms with van der Waals surface area (Å²) < 4.78 is 2.63. The number of terminal acetylenes is 1. The van der Waals surface area contributed by atoms with Crippen LogP contribution in [0.25, 0.3) is 0 Å². The first-order valence-corrected chi connectivity index (χ1v) is 17.9. The molecule has 6 heteroatoms. The monoisotopic (exact) mass is 371 g/mol. The molecule has 0 aliphatic rings. The van der Waals surface area contributed by atoms with Crippen LogP contribution in [0.3, 0.4) is 0 Å². The summed E-state index contributed by atoms with van der Waals surface area (Å²) in [6.45, 7) is 10.7. The van der Waals surface area contributed by atoms with Crippen molar-refractivity contribution in [2.45, 2.75) is 39.3 Å². The molecule has 0 heterocycles. The van der Waals surface area contributed by atoms with E-state index < -0.39 is 21.9 Å². The van der Waals surface area contributed by atoms with Gasteiger partial charge >= 0.3 is 0 Å². The second kappa shape index (κ2) is 4.55. The van der Waals surface area contributed by atoms with Crippen LogP contribution in [0.15, 0.2) is 0 Å². The summed E-state index contributed by atoms with van der Waals surface area (Å²) in [7, 11) is -1.69. The van der Waals surface area contributed by atoms with E-state index >= 15 is 0 Å². The van der Waals surface area contributed by atoms with Crippen LogP contribution in [0.4, 0.5) is 0 Å². The Morgan fingerprint density at radius 1 is 0.929 bits per heavy atom. The van der Waals surface area contributed by atoms with Crippen LogP contribution >= 0.6 is 30.6 Å². The molecule has 0 saturated carbocycles. The number of rotatable bonds is 3. The minimum absolute atomic E-state index is 1.50. The van der Waals surface area contributed by atoms with Crippen LogP contribution < -0.4 is 0 Å². The van der Waals surface area contributed by atoms with E-state index in [1.54, 1.807) is 0 Å². The summed E-state index contributed by atoms with van der Waals surface area (Å²) in [6.07, 6.45) is 5.67. The molecule has 0 aromatic heterocycles. The fourth-order valence-corrected chi connectivity index (χ4v) is 36.3. The van der Waals surface area contributed by atoms with Crippen molar-refractivity contribution in [3.05, 3.63) is 0 Å². The van der Waals surface area contributed by atoms with Crippen molar-refractivity contribution < 1.29 is 0 Å². The van der Waals surface area contributed by atoms with Gasteiger partial charge in [0.25, 0.3) is 0 Å². The predicted molar refractivity (Wildman–Crippen MR) is 81.0 cm³/mol. The molecule has 0 aliphatic carbocycles. The highest BCUT2D eigenvalue weighted by molar-refractivity contribution is 9.27. The summed E-state index contributed by atoms with van der Waals surface area (Å²) in [5.74, 6) is 0. The maximum Gasteiger partial charge on any atom is 0.192 e. The molecule has 14 heavy (non-hydrogen) atoms. The molecule has 0 bridgehead atoms. The molecular weight excluding hydrogens is 354 g/mol. The minimum atomic E-state index is -1.69. The van der Waals surface area contributed by atoms with Gasteiger partial charge in [-0.2, -0.15) is 0 Å². The van der Waals surface area contributed by atoms with Gasteiger partial charge in [0.05, 0.1) is 0 Å².